The summed E-state index contributed by atoms with van der Waals surface area (Å²) in [5, 5.41) is 4.12. The molecule has 3 aromatic rings. The number of benzene rings is 1. The monoisotopic (exact) mass is 461 g/mol. The summed E-state index contributed by atoms with van der Waals surface area (Å²) < 4.78 is 12.2. The second-order valence-corrected chi connectivity index (χ2v) is 9.25. The molecule has 1 aromatic carbocycles. The van der Waals surface area contributed by atoms with E-state index in [4.69, 9.17) is 14.5 Å². The van der Waals surface area contributed by atoms with E-state index in [0.717, 1.165) is 28.1 Å². The van der Waals surface area contributed by atoms with Crippen LogP contribution in [0.5, 0.6) is 11.5 Å². The average molecular weight is 462 g/mol. The molecule has 0 spiro atoms. The third kappa shape index (κ3) is 5.22. The molecule has 166 valence electrons. The van der Waals surface area contributed by atoms with Gasteiger partial charge in [0.15, 0.2) is 5.16 Å². The van der Waals surface area contributed by atoms with Crippen LogP contribution in [0.4, 0.5) is 5.69 Å². The SMILES string of the molecule is CCCCn1c(SCC(=O)Nc2cc(OC)cc(OC)c2)nc2sc(C)c(C)c2c1=O. The second kappa shape index (κ2) is 10.2. The van der Waals surface area contributed by atoms with Gasteiger partial charge < -0.3 is 14.8 Å². The van der Waals surface area contributed by atoms with Crippen molar-refractivity contribution in [3.63, 3.8) is 0 Å². The number of nitrogens with zero attached hydrogens (tertiary/aromatic N) is 2. The van der Waals surface area contributed by atoms with E-state index in [2.05, 4.69) is 12.2 Å². The Kier molecular flexibility index (Phi) is 7.61. The predicted octanol–water partition coefficient (Wildman–Crippen LogP) is 4.62. The van der Waals surface area contributed by atoms with E-state index in [1.165, 1.54) is 23.1 Å². The summed E-state index contributed by atoms with van der Waals surface area (Å²) in [5.74, 6) is 1.11. The molecule has 0 saturated carbocycles. The first kappa shape index (κ1) is 23.1. The summed E-state index contributed by atoms with van der Waals surface area (Å²) in [7, 11) is 3.11. The standard InChI is InChI=1S/C22H27N3O4S2/c1-6-7-8-25-21(27)19-13(2)14(3)31-20(19)24-22(25)30-12-18(26)23-15-9-16(28-4)11-17(10-15)29-5/h9-11H,6-8,12H2,1-5H3,(H,23,26). The number of hydrogen-bond donors (Lipinski definition) is 1. The molecule has 31 heavy (non-hydrogen) atoms. The largest absolute Gasteiger partial charge is 0.497 e. The topological polar surface area (TPSA) is 82.5 Å². The Morgan fingerprint density at radius 2 is 1.87 bits per heavy atom. The van der Waals surface area contributed by atoms with E-state index >= 15 is 0 Å². The quantitative estimate of drug-likeness (QED) is 0.370. The van der Waals surface area contributed by atoms with E-state index in [-0.39, 0.29) is 17.2 Å². The Hall–Kier alpha value is -2.52. The molecule has 0 radical (unpaired) electrons. The Bertz CT molecular complexity index is 1130. The van der Waals surface area contributed by atoms with E-state index in [0.29, 0.717) is 34.3 Å². The maximum Gasteiger partial charge on any atom is 0.263 e. The van der Waals surface area contributed by atoms with Gasteiger partial charge in [-0.1, -0.05) is 25.1 Å². The number of carbonyl (C=O) groups is 1. The van der Waals surface area contributed by atoms with Gasteiger partial charge in [0.2, 0.25) is 5.91 Å². The fourth-order valence-corrected chi connectivity index (χ4v) is 5.03. The lowest BCUT2D eigenvalue weighted by atomic mass is 10.2. The smallest absolute Gasteiger partial charge is 0.263 e. The zero-order chi connectivity index (χ0) is 22.5. The number of amides is 1. The highest BCUT2D eigenvalue weighted by Gasteiger charge is 2.17. The highest BCUT2D eigenvalue weighted by Crippen LogP contribution is 2.29. The van der Waals surface area contributed by atoms with Gasteiger partial charge in [-0.2, -0.15) is 0 Å². The van der Waals surface area contributed by atoms with Gasteiger partial charge in [-0.25, -0.2) is 4.98 Å². The number of methoxy groups -OCH3 is 2. The van der Waals surface area contributed by atoms with Crippen molar-refractivity contribution >= 4 is 44.9 Å². The zero-order valence-corrected chi connectivity index (χ0v) is 20.0. The Morgan fingerprint density at radius 1 is 1.19 bits per heavy atom. The molecular weight excluding hydrogens is 434 g/mol. The number of anilines is 1. The van der Waals surface area contributed by atoms with Crippen molar-refractivity contribution in [1.82, 2.24) is 9.55 Å². The van der Waals surface area contributed by atoms with Crippen LogP contribution in [0.25, 0.3) is 10.2 Å². The molecule has 0 aliphatic heterocycles. The molecular formula is C22H27N3O4S2. The Morgan fingerprint density at radius 3 is 2.48 bits per heavy atom. The first-order valence-electron chi connectivity index (χ1n) is 10.0. The number of hydrogen-bond acceptors (Lipinski definition) is 7. The van der Waals surface area contributed by atoms with E-state index in [9.17, 15) is 9.59 Å². The lowest BCUT2D eigenvalue weighted by molar-refractivity contribution is -0.113. The molecule has 9 heteroatoms. The fourth-order valence-electron chi connectivity index (χ4n) is 3.14. The lowest BCUT2D eigenvalue weighted by Gasteiger charge is -2.12. The van der Waals surface area contributed by atoms with Gasteiger partial charge in [-0.15, -0.1) is 11.3 Å². The van der Waals surface area contributed by atoms with Crippen molar-refractivity contribution < 1.29 is 14.3 Å². The molecule has 1 N–H and O–H groups in total. The van der Waals surface area contributed by atoms with E-state index in [1.54, 1.807) is 37.0 Å². The van der Waals surface area contributed by atoms with Crippen LogP contribution in [0.2, 0.25) is 0 Å². The third-order valence-corrected chi connectivity index (χ3v) is 7.03. The predicted molar refractivity (Wildman–Crippen MR) is 127 cm³/mol. The van der Waals surface area contributed by atoms with Crippen molar-refractivity contribution in [2.75, 3.05) is 25.3 Å². The van der Waals surface area contributed by atoms with Gasteiger partial charge in [0.25, 0.3) is 5.56 Å². The van der Waals surface area contributed by atoms with Crippen molar-refractivity contribution in [3.8, 4) is 11.5 Å². The highest BCUT2D eigenvalue weighted by atomic mass is 32.2. The minimum Gasteiger partial charge on any atom is -0.497 e. The van der Waals surface area contributed by atoms with Crippen molar-refractivity contribution in [3.05, 3.63) is 39.0 Å². The van der Waals surface area contributed by atoms with Crippen molar-refractivity contribution in [2.24, 2.45) is 0 Å². The molecule has 2 aromatic heterocycles. The van der Waals surface area contributed by atoms with Crippen LogP contribution >= 0.6 is 23.1 Å². The number of carbonyl (C=O) groups excluding carboxylic acids is 1. The van der Waals surface area contributed by atoms with E-state index in [1.807, 2.05) is 13.8 Å². The number of ether oxygens (including phenoxy) is 2. The first-order chi connectivity index (χ1) is 14.9. The molecule has 0 unspecified atom stereocenters. The minimum absolute atomic E-state index is 0.0271. The van der Waals surface area contributed by atoms with Gasteiger partial charge >= 0.3 is 0 Å². The number of aryl methyl sites for hydroxylation is 2. The molecule has 7 nitrogen and oxygen atoms in total. The number of nitrogens with one attached hydrogen (secondary N) is 1. The summed E-state index contributed by atoms with van der Waals surface area (Å²) in [6.07, 6.45) is 1.84. The van der Waals surface area contributed by atoms with Crippen LogP contribution in [-0.4, -0.2) is 35.4 Å². The molecule has 0 saturated heterocycles. The van der Waals surface area contributed by atoms with Gasteiger partial charge in [0, 0.05) is 35.3 Å². The maximum atomic E-state index is 13.2. The summed E-state index contributed by atoms with van der Waals surface area (Å²) in [4.78, 5) is 32.3. The number of thioether (sulfide) groups is 1. The maximum absolute atomic E-state index is 13.2. The van der Waals surface area contributed by atoms with Crippen LogP contribution in [0.15, 0.2) is 28.2 Å². The summed E-state index contributed by atoms with van der Waals surface area (Å²) in [5.41, 5.74) is 1.54. The lowest BCUT2D eigenvalue weighted by Crippen LogP contribution is -2.24. The Balaban J connectivity index is 1.82. The molecule has 0 aliphatic rings. The number of unbranched alkanes of at least 4 members (excludes halogenated alkanes) is 1. The van der Waals surface area contributed by atoms with Crippen LogP contribution in [0.3, 0.4) is 0 Å². The van der Waals surface area contributed by atoms with Gasteiger partial charge in [-0.3, -0.25) is 14.2 Å². The van der Waals surface area contributed by atoms with E-state index < -0.39 is 0 Å². The summed E-state index contributed by atoms with van der Waals surface area (Å²) in [6, 6.07) is 5.19. The third-order valence-electron chi connectivity index (χ3n) is 4.96. The zero-order valence-electron chi connectivity index (χ0n) is 18.4. The molecule has 3 rings (SSSR count). The van der Waals surface area contributed by atoms with Crippen LogP contribution in [-0.2, 0) is 11.3 Å². The summed E-state index contributed by atoms with van der Waals surface area (Å²) in [6.45, 7) is 6.63. The molecule has 0 fully saturated rings. The first-order valence-corrected chi connectivity index (χ1v) is 11.8. The molecule has 0 atom stereocenters. The second-order valence-electron chi connectivity index (χ2n) is 7.11. The van der Waals surface area contributed by atoms with Crippen LogP contribution in [0, 0.1) is 13.8 Å². The van der Waals surface area contributed by atoms with Gasteiger partial charge in [-0.05, 0) is 25.8 Å². The van der Waals surface area contributed by atoms with Gasteiger partial charge in [0.1, 0.15) is 16.3 Å². The molecule has 0 bridgehead atoms. The number of thiophene rings is 1. The number of aromatic nitrogens is 2. The molecule has 1 amide bonds. The van der Waals surface area contributed by atoms with Crippen molar-refractivity contribution in [1.29, 1.82) is 0 Å². The number of rotatable bonds is 9. The highest BCUT2D eigenvalue weighted by molar-refractivity contribution is 7.99. The average Bonchev–Trinajstić information content (AvgIpc) is 3.04. The molecule has 0 aliphatic carbocycles. The minimum atomic E-state index is -0.199. The fraction of sp³-hybridized carbons (Fsp3) is 0.409. The van der Waals surface area contributed by atoms with Crippen molar-refractivity contribution in [2.45, 2.75) is 45.3 Å². The van der Waals surface area contributed by atoms with Gasteiger partial charge in [0.05, 0.1) is 25.4 Å². The Labute approximate surface area is 189 Å². The number of fused-ring (bicyclic) bond motifs is 1. The molecule has 2 heterocycles. The van der Waals surface area contributed by atoms with Crippen LogP contribution < -0.4 is 20.3 Å². The normalized spacial score (nSPS) is 11.0. The summed E-state index contributed by atoms with van der Waals surface area (Å²) >= 11 is 2.79. The van der Waals surface area contributed by atoms with Crippen LogP contribution in [0.1, 0.15) is 30.2 Å².